The van der Waals surface area contributed by atoms with Crippen molar-refractivity contribution in [3.05, 3.63) is 77.1 Å². The predicted octanol–water partition coefficient (Wildman–Crippen LogP) is 5.30. The normalized spacial score (nSPS) is 17.9. The highest BCUT2D eigenvalue weighted by Crippen LogP contribution is 2.29. The van der Waals surface area contributed by atoms with Crippen LogP contribution in [0.3, 0.4) is 0 Å². The number of hydrogen-bond acceptors (Lipinski definition) is 2. The monoisotopic (exact) mass is 364 g/mol. The van der Waals surface area contributed by atoms with Gasteiger partial charge in [-0.3, -0.25) is 9.78 Å². The summed E-state index contributed by atoms with van der Waals surface area (Å²) in [6.07, 6.45) is 4.97. The second kappa shape index (κ2) is 7.46. The number of likely N-dealkylation sites (tertiary alicyclic amines) is 1. The molecule has 0 radical (unpaired) electrons. The average molecular weight is 365 g/mol. The predicted molar refractivity (Wildman–Crippen MR) is 106 cm³/mol. The number of fused-ring (bicyclic) bond motifs is 1. The molecule has 3 aromatic rings. The van der Waals surface area contributed by atoms with Gasteiger partial charge in [0, 0.05) is 35.6 Å². The largest absolute Gasteiger partial charge is 0.337 e. The molecular formula is C22H21ClN2O. The number of benzene rings is 2. The van der Waals surface area contributed by atoms with Crippen LogP contribution >= 0.6 is 11.6 Å². The number of nitrogens with zero attached hydrogens (tertiary/aromatic N) is 2. The smallest absolute Gasteiger partial charge is 0.273 e. The van der Waals surface area contributed by atoms with Crippen molar-refractivity contribution in [2.24, 2.45) is 0 Å². The first-order chi connectivity index (χ1) is 12.7. The fraction of sp³-hybridized carbons (Fsp3) is 0.273. The lowest BCUT2D eigenvalue weighted by Crippen LogP contribution is -2.34. The highest BCUT2D eigenvalue weighted by atomic mass is 35.5. The minimum atomic E-state index is 0.0302. The lowest BCUT2D eigenvalue weighted by Gasteiger charge is -2.25. The van der Waals surface area contributed by atoms with Crippen LogP contribution in [0.2, 0.25) is 5.02 Å². The van der Waals surface area contributed by atoms with E-state index < -0.39 is 0 Å². The van der Waals surface area contributed by atoms with Crippen molar-refractivity contribution in [2.75, 3.05) is 13.1 Å². The van der Waals surface area contributed by atoms with Crippen molar-refractivity contribution >= 4 is 28.3 Å². The Morgan fingerprint density at radius 2 is 1.85 bits per heavy atom. The van der Waals surface area contributed by atoms with E-state index >= 15 is 0 Å². The molecule has 2 aromatic carbocycles. The van der Waals surface area contributed by atoms with E-state index in [4.69, 9.17) is 11.6 Å². The second-order valence-corrected chi connectivity index (χ2v) is 7.31. The molecule has 0 N–H and O–H groups in total. The maximum atomic E-state index is 13.2. The summed E-state index contributed by atoms with van der Waals surface area (Å²) < 4.78 is 0. The van der Waals surface area contributed by atoms with E-state index in [1.807, 2.05) is 47.4 Å². The maximum absolute atomic E-state index is 13.2. The molecule has 1 aromatic heterocycles. The number of halogens is 1. The minimum Gasteiger partial charge on any atom is -0.337 e. The van der Waals surface area contributed by atoms with E-state index in [0.717, 1.165) is 48.1 Å². The molecule has 0 aliphatic carbocycles. The van der Waals surface area contributed by atoms with Gasteiger partial charge in [-0.15, -0.1) is 0 Å². The van der Waals surface area contributed by atoms with Gasteiger partial charge >= 0.3 is 0 Å². The van der Waals surface area contributed by atoms with Crippen LogP contribution < -0.4 is 0 Å². The zero-order chi connectivity index (χ0) is 17.9. The van der Waals surface area contributed by atoms with Gasteiger partial charge in [0.2, 0.25) is 0 Å². The fourth-order valence-electron chi connectivity index (χ4n) is 3.77. The van der Waals surface area contributed by atoms with Gasteiger partial charge < -0.3 is 4.90 Å². The van der Waals surface area contributed by atoms with Crippen molar-refractivity contribution in [1.82, 2.24) is 9.88 Å². The van der Waals surface area contributed by atoms with E-state index in [1.165, 1.54) is 5.56 Å². The number of pyridine rings is 1. The first-order valence-electron chi connectivity index (χ1n) is 9.11. The molecule has 1 saturated heterocycles. The third kappa shape index (κ3) is 3.45. The molecule has 1 aliphatic rings. The highest BCUT2D eigenvalue weighted by molar-refractivity contribution is 6.30. The average Bonchev–Trinajstić information content (AvgIpc) is 2.94. The Bertz CT molecular complexity index is 918. The molecule has 1 aliphatic heterocycles. The molecule has 0 spiro atoms. The second-order valence-electron chi connectivity index (χ2n) is 6.88. The zero-order valence-corrected chi connectivity index (χ0v) is 15.3. The summed E-state index contributed by atoms with van der Waals surface area (Å²) in [5, 5.41) is 2.72. The van der Waals surface area contributed by atoms with Gasteiger partial charge in [0.1, 0.15) is 5.69 Å². The van der Waals surface area contributed by atoms with Gasteiger partial charge in [-0.05, 0) is 42.0 Å². The number of amides is 1. The Kier molecular flexibility index (Phi) is 4.89. The van der Waals surface area contributed by atoms with Crippen LogP contribution in [-0.2, 0) is 0 Å². The first kappa shape index (κ1) is 17.0. The zero-order valence-electron chi connectivity index (χ0n) is 14.6. The van der Waals surface area contributed by atoms with E-state index in [2.05, 4.69) is 17.1 Å². The van der Waals surface area contributed by atoms with Crippen LogP contribution in [0.4, 0.5) is 0 Å². The third-order valence-electron chi connectivity index (χ3n) is 5.18. The summed E-state index contributed by atoms with van der Waals surface area (Å²) in [5.41, 5.74) is 1.81. The summed E-state index contributed by atoms with van der Waals surface area (Å²) >= 11 is 6.02. The molecule has 3 nitrogen and oxygen atoms in total. The Morgan fingerprint density at radius 1 is 1.04 bits per heavy atom. The lowest BCUT2D eigenvalue weighted by atomic mass is 9.94. The SMILES string of the molecule is O=C(c1nccc2ccccc12)N1CCCCC(c2ccc(Cl)cc2)C1. The highest BCUT2D eigenvalue weighted by Gasteiger charge is 2.25. The van der Waals surface area contributed by atoms with E-state index in [-0.39, 0.29) is 5.91 Å². The fourth-order valence-corrected chi connectivity index (χ4v) is 3.90. The van der Waals surface area contributed by atoms with Crippen LogP contribution in [-0.4, -0.2) is 28.9 Å². The Labute approximate surface area is 158 Å². The molecule has 2 heterocycles. The summed E-state index contributed by atoms with van der Waals surface area (Å²) in [6.45, 7) is 1.51. The van der Waals surface area contributed by atoms with E-state index in [9.17, 15) is 4.79 Å². The summed E-state index contributed by atoms with van der Waals surface area (Å²) in [5.74, 6) is 0.372. The molecule has 1 atom stereocenters. The molecule has 1 unspecified atom stereocenters. The molecule has 0 saturated carbocycles. The van der Waals surface area contributed by atoms with Crippen LogP contribution in [0.15, 0.2) is 60.8 Å². The van der Waals surface area contributed by atoms with Crippen molar-refractivity contribution in [2.45, 2.75) is 25.2 Å². The van der Waals surface area contributed by atoms with Gasteiger partial charge in [-0.1, -0.05) is 54.4 Å². The molecule has 4 heteroatoms. The minimum absolute atomic E-state index is 0.0302. The Hall–Kier alpha value is -2.39. The van der Waals surface area contributed by atoms with Gasteiger partial charge in [0.15, 0.2) is 0 Å². The number of aromatic nitrogens is 1. The summed E-state index contributed by atoms with van der Waals surface area (Å²) in [4.78, 5) is 19.6. The molecular weight excluding hydrogens is 344 g/mol. The third-order valence-corrected chi connectivity index (χ3v) is 5.43. The van der Waals surface area contributed by atoms with Crippen molar-refractivity contribution in [1.29, 1.82) is 0 Å². The molecule has 1 amide bonds. The van der Waals surface area contributed by atoms with Crippen LogP contribution in [0.5, 0.6) is 0 Å². The first-order valence-corrected chi connectivity index (χ1v) is 9.48. The summed E-state index contributed by atoms with van der Waals surface area (Å²) in [6, 6.07) is 17.9. The molecule has 26 heavy (non-hydrogen) atoms. The number of carbonyl (C=O) groups is 1. The summed E-state index contributed by atoms with van der Waals surface area (Å²) in [7, 11) is 0. The van der Waals surface area contributed by atoms with E-state index in [0.29, 0.717) is 11.6 Å². The maximum Gasteiger partial charge on any atom is 0.273 e. The Balaban J connectivity index is 1.63. The molecule has 0 bridgehead atoms. The van der Waals surface area contributed by atoms with Gasteiger partial charge in [0.05, 0.1) is 0 Å². The standard InChI is InChI=1S/C22H21ClN2O/c23-19-10-8-16(9-11-19)18-6-3-4-14-25(15-18)22(26)21-20-7-2-1-5-17(20)12-13-24-21/h1-2,5,7-13,18H,3-4,6,14-15H2. The molecule has 1 fully saturated rings. The lowest BCUT2D eigenvalue weighted by molar-refractivity contribution is 0.0751. The quantitative estimate of drug-likeness (QED) is 0.618. The van der Waals surface area contributed by atoms with Crippen LogP contribution in [0, 0.1) is 0 Å². The molecule has 4 rings (SSSR count). The van der Waals surface area contributed by atoms with Crippen molar-refractivity contribution in [3.8, 4) is 0 Å². The van der Waals surface area contributed by atoms with Gasteiger partial charge in [0.25, 0.3) is 5.91 Å². The van der Waals surface area contributed by atoms with E-state index in [1.54, 1.807) is 6.20 Å². The number of hydrogen-bond donors (Lipinski definition) is 0. The number of rotatable bonds is 2. The van der Waals surface area contributed by atoms with Crippen molar-refractivity contribution < 1.29 is 4.79 Å². The topological polar surface area (TPSA) is 33.2 Å². The number of carbonyl (C=O) groups excluding carboxylic acids is 1. The van der Waals surface area contributed by atoms with Gasteiger partial charge in [-0.2, -0.15) is 0 Å². The van der Waals surface area contributed by atoms with Crippen LogP contribution in [0.25, 0.3) is 10.8 Å². The van der Waals surface area contributed by atoms with Crippen molar-refractivity contribution in [3.63, 3.8) is 0 Å². The van der Waals surface area contributed by atoms with Gasteiger partial charge in [-0.25, -0.2) is 0 Å². The molecule has 132 valence electrons. The van der Waals surface area contributed by atoms with Crippen LogP contribution in [0.1, 0.15) is 41.2 Å². The Morgan fingerprint density at radius 3 is 2.69 bits per heavy atom.